The molecule has 1 rings (SSSR count). The summed E-state index contributed by atoms with van der Waals surface area (Å²) in [5.74, 6) is -0.745. The normalized spacial score (nSPS) is 10.7. The van der Waals surface area contributed by atoms with Crippen molar-refractivity contribution in [2.24, 2.45) is 0 Å². The molecule has 19 heavy (non-hydrogen) atoms. The van der Waals surface area contributed by atoms with Gasteiger partial charge >= 0.3 is 5.97 Å². The summed E-state index contributed by atoms with van der Waals surface area (Å²) in [5, 5.41) is 18.6. The number of phenolic OH excluding ortho intramolecular Hbond substituents is 1. The minimum atomic E-state index is -0.746. The summed E-state index contributed by atoms with van der Waals surface area (Å²) < 4.78 is 9.66. The molecule has 0 amide bonds. The van der Waals surface area contributed by atoms with Gasteiger partial charge in [-0.2, -0.15) is 5.26 Å². The summed E-state index contributed by atoms with van der Waals surface area (Å²) in [5.41, 5.74) is 0.278. The first kappa shape index (κ1) is 14.9. The lowest BCUT2D eigenvalue weighted by Gasteiger charge is -2.08. The van der Waals surface area contributed by atoms with Crippen molar-refractivity contribution in [3.05, 3.63) is 28.3 Å². The van der Waals surface area contributed by atoms with Gasteiger partial charge in [-0.25, -0.2) is 4.79 Å². The number of carbonyl (C=O) groups excluding carboxylic acids is 1. The second-order valence-corrected chi connectivity index (χ2v) is 3.85. The molecule has 0 radical (unpaired) electrons. The van der Waals surface area contributed by atoms with Gasteiger partial charge < -0.3 is 14.6 Å². The second-order valence-electron chi connectivity index (χ2n) is 3.44. The van der Waals surface area contributed by atoms with E-state index < -0.39 is 5.97 Å². The molecule has 0 aliphatic carbocycles. The van der Waals surface area contributed by atoms with Gasteiger partial charge in [0.05, 0.1) is 18.7 Å². The van der Waals surface area contributed by atoms with E-state index in [-0.39, 0.29) is 22.1 Å². The lowest BCUT2D eigenvalue weighted by molar-refractivity contribution is -0.135. The predicted molar refractivity (Wildman–Crippen MR) is 69.9 cm³/mol. The number of phenols is 1. The highest BCUT2D eigenvalue weighted by Crippen LogP contribution is 2.35. The number of nitriles is 1. The third-order valence-electron chi connectivity index (χ3n) is 2.19. The van der Waals surface area contributed by atoms with Crippen molar-refractivity contribution < 1.29 is 19.4 Å². The summed E-state index contributed by atoms with van der Waals surface area (Å²) in [6.07, 6.45) is 1.31. The average molecular weight is 282 g/mol. The minimum Gasteiger partial charge on any atom is -0.503 e. The SMILES string of the molecule is CCOc1cc(C=C(C#N)C(=O)OC)cc(Cl)c1O. The molecule has 1 aromatic carbocycles. The van der Waals surface area contributed by atoms with E-state index in [0.29, 0.717) is 12.2 Å². The fourth-order valence-corrected chi connectivity index (χ4v) is 1.58. The van der Waals surface area contributed by atoms with Crippen LogP contribution in [-0.2, 0) is 9.53 Å². The van der Waals surface area contributed by atoms with E-state index >= 15 is 0 Å². The lowest BCUT2D eigenvalue weighted by Crippen LogP contribution is -2.02. The molecular weight excluding hydrogens is 270 g/mol. The quantitative estimate of drug-likeness (QED) is 0.521. The smallest absolute Gasteiger partial charge is 0.348 e. The van der Waals surface area contributed by atoms with Crippen LogP contribution >= 0.6 is 11.6 Å². The first-order valence-electron chi connectivity index (χ1n) is 5.38. The highest BCUT2D eigenvalue weighted by Gasteiger charge is 2.12. The Morgan fingerprint density at radius 1 is 1.58 bits per heavy atom. The first-order valence-corrected chi connectivity index (χ1v) is 5.76. The van der Waals surface area contributed by atoms with Crippen molar-refractivity contribution in [1.82, 2.24) is 0 Å². The molecule has 0 bridgehead atoms. The zero-order chi connectivity index (χ0) is 14.4. The van der Waals surface area contributed by atoms with Crippen LogP contribution in [0, 0.1) is 11.3 Å². The molecule has 1 aromatic rings. The lowest BCUT2D eigenvalue weighted by atomic mass is 10.1. The molecule has 100 valence electrons. The number of esters is 1. The van der Waals surface area contributed by atoms with Crippen molar-refractivity contribution >= 4 is 23.6 Å². The maximum atomic E-state index is 11.3. The molecule has 0 saturated carbocycles. The summed E-state index contributed by atoms with van der Waals surface area (Å²) in [4.78, 5) is 11.3. The van der Waals surface area contributed by atoms with E-state index in [2.05, 4.69) is 4.74 Å². The average Bonchev–Trinajstić information content (AvgIpc) is 2.40. The van der Waals surface area contributed by atoms with E-state index in [1.165, 1.54) is 25.3 Å². The Morgan fingerprint density at radius 3 is 2.79 bits per heavy atom. The molecule has 0 fully saturated rings. The van der Waals surface area contributed by atoms with Crippen LogP contribution in [-0.4, -0.2) is 24.8 Å². The third-order valence-corrected chi connectivity index (χ3v) is 2.48. The Kier molecular flexibility index (Phi) is 5.22. The number of halogens is 1. The van der Waals surface area contributed by atoms with Gasteiger partial charge in [-0.3, -0.25) is 0 Å². The van der Waals surface area contributed by atoms with Gasteiger partial charge in [0.2, 0.25) is 0 Å². The van der Waals surface area contributed by atoms with Crippen molar-refractivity contribution in [3.8, 4) is 17.6 Å². The summed E-state index contributed by atoms with van der Waals surface area (Å²) >= 11 is 5.84. The maximum Gasteiger partial charge on any atom is 0.348 e. The maximum absolute atomic E-state index is 11.3. The third kappa shape index (κ3) is 3.63. The minimum absolute atomic E-state index is 0.0688. The van der Waals surface area contributed by atoms with Gasteiger partial charge in [-0.1, -0.05) is 11.6 Å². The van der Waals surface area contributed by atoms with Crippen LogP contribution in [0.1, 0.15) is 12.5 Å². The van der Waals surface area contributed by atoms with Gasteiger partial charge in [0.15, 0.2) is 11.5 Å². The van der Waals surface area contributed by atoms with Crippen molar-refractivity contribution in [2.45, 2.75) is 6.92 Å². The Bertz CT molecular complexity index is 560. The van der Waals surface area contributed by atoms with Gasteiger partial charge in [0.1, 0.15) is 11.6 Å². The number of benzene rings is 1. The standard InChI is InChI=1S/C13H12ClNO4/c1-3-19-11-6-8(5-10(14)12(11)16)4-9(7-15)13(17)18-2/h4-6,16H,3H2,1-2H3. The molecule has 0 spiro atoms. The highest BCUT2D eigenvalue weighted by molar-refractivity contribution is 6.32. The number of ether oxygens (including phenoxy) is 2. The molecule has 0 aliphatic rings. The number of rotatable bonds is 4. The molecule has 0 unspecified atom stereocenters. The number of carbonyl (C=O) groups is 1. The van der Waals surface area contributed by atoms with Crippen LogP contribution in [0.3, 0.4) is 0 Å². The van der Waals surface area contributed by atoms with Crippen LogP contribution < -0.4 is 4.74 Å². The van der Waals surface area contributed by atoms with E-state index in [0.717, 1.165) is 0 Å². The molecule has 0 atom stereocenters. The van der Waals surface area contributed by atoms with Crippen LogP contribution in [0.2, 0.25) is 5.02 Å². The van der Waals surface area contributed by atoms with Gasteiger partial charge in [-0.05, 0) is 30.7 Å². The molecule has 0 saturated heterocycles. The summed E-state index contributed by atoms with van der Waals surface area (Å²) in [6, 6.07) is 4.62. The molecule has 6 heteroatoms. The fourth-order valence-electron chi connectivity index (χ4n) is 1.36. The van der Waals surface area contributed by atoms with E-state index in [1.54, 1.807) is 13.0 Å². The summed E-state index contributed by atoms with van der Waals surface area (Å²) in [6.45, 7) is 2.10. The Labute approximate surface area is 115 Å². The number of methoxy groups -OCH3 is 1. The number of hydrogen-bond donors (Lipinski definition) is 1. The first-order chi connectivity index (χ1) is 9.03. The van der Waals surface area contributed by atoms with Crippen LogP contribution in [0.4, 0.5) is 0 Å². The van der Waals surface area contributed by atoms with Crippen molar-refractivity contribution in [2.75, 3.05) is 13.7 Å². The van der Waals surface area contributed by atoms with Crippen LogP contribution in [0.25, 0.3) is 6.08 Å². The van der Waals surface area contributed by atoms with Crippen molar-refractivity contribution in [1.29, 1.82) is 5.26 Å². The predicted octanol–water partition coefficient (Wildman–Crippen LogP) is 2.52. The fraction of sp³-hybridized carbons (Fsp3) is 0.231. The van der Waals surface area contributed by atoms with E-state index in [9.17, 15) is 9.90 Å². The van der Waals surface area contributed by atoms with E-state index in [4.69, 9.17) is 21.6 Å². The Hall–Kier alpha value is -2.19. The molecule has 0 aliphatic heterocycles. The van der Waals surface area contributed by atoms with Gasteiger partial charge in [0.25, 0.3) is 0 Å². The molecule has 0 heterocycles. The number of nitrogens with zero attached hydrogens (tertiary/aromatic N) is 1. The van der Waals surface area contributed by atoms with Gasteiger partial charge in [-0.15, -0.1) is 0 Å². The molecular formula is C13H12ClNO4. The summed E-state index contributed by atoms with van der Waals surface area (Å²) in [7, 11) is 1.18. The van der Waals surface area contributed by atoms with Crippen LogP contribution in [0.5, 0.6) is 11.5 Å². The Morgan fingerprint density at radius 2 is 2.26 bits per heavy atom. The van der Waals surface area contributed by atoms with E-state index in [1.807, 2.05) is 0 Å². The topological polar surface area (TPSA) is 79.5 Å². The zero-order valence-electron chi connectivity index (χ0n) is 10.4. The number of aromatic hydroxyl groups is 1. The number of hydrogen-bond acceptors (Lipinski definition) is 5. The van der Waals surface area contributed by atoms with Crippen LogP contribution in [0.15, 0.2) is 17.7 Å². The zero-order valence-corrected chi connectivity index (χ0v) is 11.2. The van der Waals surface area contributed by atoms with Crippen molar-refractivity contribution in [3.63, 3.8) is 0 Å². The highest BCUT2D eigenvalue weighted by atomic mass is 35.5. The van der Waals surface area contributed by atoms with Gasteiger partial charge in [0, 0.05) is 0 Å². The largest absolute Gasteiger partial charge is 0.503 e. The molecule has 1 N–H and O–H groups in total. The second kappa shape index (κ2) is 6.66. The molecule has 5 nitrogen and oxygen atoms in total. The molecule has 0 aromatic heterocycles. The monoisotopic (exact) mass is 281 g/mol. The Balaban J connectivity index is 3.25.